The van der Waals surface area contributed by atoms with E-state index >= 15 is 0 Å². The molecule has 0 aliphatic heterocycles. The molecule has 0 saturated carbocycles. The summed E-state index contributed by atoms with van der Waals surface area (Å²) in [6, 6.07) is 5.51. The van der Waals surface area contributed by atoms with Gasteiger partial charge in [0.05, 0.1) is 35.4 Å². The van der Waals surface area contributed by atoms with Crippen molar-refractivity contribution in [3.05, 3.63) is 56.0 Å². The number of methoxy groups -OCH3 is 1. The summed E-state index contributed by atoms with van der Waals surface area (Å²) in [6.07, 6.45) is 0.575. The Balaban J connectivity index is 2.40. The predicted molar refractivity (Wildman–Crippen MR) is 107 cm³/mol. The molecule has 0 aliphatic rings. The first-order valence-corrected chi connectivity index (χ1v) is 9.13. The van der Waals surface area contributed by atoms with Crippen molar-refractivity contribution in [1.82, 2.24) is 9.78 Å². The van der Waals surface area contributed by atoms with Crippen molar-refractivity contribution < 1.29 is 19.2 Å². The van der Waals surface area contributed by atoms with Crippen LogP contribution >= 0.6 is 0 Å². The molecule has 10 heteroatoms. The Bertz CT molecular complexity index is 943. The Morgan fingerprint density at radius 3 is 2.59 bits per heavy atom. The Morgan fingerprint density at radius 1 is 1.31 bits per heavy atom. The molecule has 0 aliphatic carbocycles. The number of carbonyl (C=O) groups is 1. The van der Waals surface area contributed by atoms with Gasteiger partial charge in [0.1, 0.15) is 0 Å². The van der Waals surface area contributed by atoms with Crippen molar-refractivity contribution in [3.8, 4) is 5.69 Å². The highest BCUT2D eigenvalue weighted by atomic mass is 16.6. The number of rotatable bonds is 10. The molecule has 1 aromatic carbocycles. The van der Waals surface area contributed by atoms with Crippen molar-refractivity contribution >= 4 is 17.4 Å². The lowest BCUT2D eigenvalue weighted by Crippen LogP contribution is -2.20. The highest BCUT2D eigenvalue weighted by Gasteiger charge is 2.20. The second kappa shape index (κ2) is 10.3. The normalized spacial score (nSPS) is 11.5. The quantitative estimate of drug-likeness (QED) is 0.212. The molecule has 0 radical (unpaired) electrons. The molecule has 0 fully saturated rings. The molecule has 0 spiro atoms. The van der Waals surface area contributed by atoms with Crippen LogP contribution in [0.5, 0.6) is 0 Å². The zero-order valence-corrected chi connectivity index (χ0v) is 16.6. The van der Waals surface area contributed by atoms with Crippen LogP contribution in [-0.4, -0.2) is 53.3 Å². The number of nitrogens with one attached hydrogen (secondary N) is 1. The summed E-state index contributed by atoms with van der Waals surface area (Å²) in [7, 11) is 1.27. The van der Waals surface area contributed by atoms with Crippen LogP contribution in [0.1, 0.15) is 31.5 Å². The van der Waals surface area contributed by atoms with Gasteiger partial charge in [0.15, 0.2) is 0 Å². The van der Waals surface area contributed by atoms with Gasteiger partial charge in [-0.05, 0) is 32.4 Å². The summed E-state index contributed by atoms with van der Waals surface area (Å²) in [6.45, 7) is 5.29. The third-order valence-corrected chi connectivity index (χ3v) is 4.19. The first kappa shape index (κ1) is 22.0. The Morgan fingerprint density at radius 2 is 2.00 bits per heavy atom. The molecule has 2 aromatic rings. The number of non-ortho nitro benzene ring substituents is 1. The fourth-order valence-corrected chi connectivity index (χ4v) is 2.74. The van der Waals surface area contributed by atoms with Gasteiger partial charge in [-0.15, -0.1) is 0 Å². The van der Waals surface area contributed by atoms with E-state index in [-0.39, 0.29) is 17.7 Å². The number of nitrogens with zero attached hydrogens (tertiary/aromatic N) is 3. The number of H-pyrrole nitrogens is 1. The number of aliphatic imine (C=N–C) groups is 1. The summed E-state index contributed by atoms with van der Waals surface area (Å²) < 4.78 is 11.2. The minimum absolute atomic E-state index is 0.0876. The SMILES string of the molecule is CCOCCCN=C(C)c1c(CC(=O)OC)[nH]n(-c2ccc([N+](=O)[O-])cc2)c1=O. The number of ether oxygens (including phenoxy) is 2. The molecular weight excluding hydrogens is 380 g/mol. The monoisotopic (exact) mass is 404 g/mol. The molecule has 156 valence electrons. The molecule has 1 N–H and O–H groups in total. The van der Waals surface area contributed by atoms with Crippen LogP contribution in [-0.2, 0) is 20.7 Å². The zero-order chi connectivity index (χ0) is 21.4. The highest BCUT2D eigenvalue weighted by Crippen LogP contribution is 2.15. The fraction of sp³-hybridized carbons (Fsp3) is 0.421. The van der Waals surface area contributed by atoms with Crippen LogP contribution in [0.25, 0.3) is 5.69 Å². The molecule has 29 heavy (non-hydrogen) atoms. The van der Waals surface area contributed by atoms with Crippen LogP contribution in [0.15, 0.2) is 34.1 Å². The molecule has 0 saturated heterocycles. The van der Waals surface area contributed by atoms with E-state index in [0.29, 0.717) is 43.3 Å². The van der Waals surface area contributed by atoms with Gasteiger partial charge < -0.3 is 9.47 Å². The van der Waals surface area contributed by atoms with Gasteiger partial charge in [-0.3, -0.25) is 29.8 Å². The van der Waals surface area contributed by atoms with Crippen LogP contribution in [0, 0.1) is 10.1 Å². The first-order chi connectivity index (χ1) is 13.9. The lowest BCUT2D eigenvalue weighted by Gasteiger charge is -2.02. The van der Waals surface area contributed by atoms with E-state index in [0.717, 1.165) is 0 Å². The van der Waals surface area contributed by atoms with Gasteiger partial charge in [0.2, 0.25) is 0 Å². The molecule has 0 atom stereocenters. The Labute approximate surface area is 167 Å². The van der Waals surface area contributed by atoms with Crippen LogP contribution in [0.3, 0.4) is 0 Å². The molecular formula is C19H24N4O6. The van der Waals surface area contributed by atoms with E-state index in [4.69, 9.17) is 9.47 Å². The van der Waals surface area contributed by atoms with Gasteiger partial charge in [-0.25, -0.2) is 4.68 Å². The first-order valence-electron chi connectivity index (χ1n) is 9.13. The smallest absolute Gasteiger partial charge is 0.311 e. The summed E-state index contributed by atoms with van der Waals surface area (Å²) in [5.74, 6) is -0.507. The maximum atomic E-state index is 13.0. The standard InChI is InChI=1S/C19H24N4O6/c1-4-29-11-5-10-20-13(2)18-16(12-17(24)28-3)21-22(19(18)25)14-6-8-15(9-7-14)23(26)27/h6-9,21H,4-5,10-12H2,1-3H3. The van der Waals surface area contributed by atoms with E-state index in [2.05, 4.69) is 10.1 Å². The summed E-state index contributed by atoms with van der Waals surface area (Å²) >= 11 is 0. The van der Waals surface area contributed by atoms with Crippen LogP contribution in [0.4, 0.5) is 5.69 Å². The molecule has 2 rings (SSSR count). The third-order valence-electron chi connectivity index (χ3n) is 4.19. The minimum atomic E-state index is -0.519. The minimum Gasteiger partial charge on any atom is -0.469 e. The molecule has 0 amide bonds. The van der Waals surface area contributed by atoms with Gasteiger partial charge >= 0.3 is 5.97 Å². The fourth-order valence-electron chi connectivity index (χ4n) is 2.74. The number of carbonyl (C=O) groups excluding carboxylic acids is 1. The predicted octanol–water partition coefficient (Wildman–Crippen LogP) is 2.02. The van der Waals surface area contributed by atoms with E-state index in [1.807, 2.05) is 6.92 Å². The number of hydrogen-bond acceptors (Lipinski definition) is 7. The Hall–Kier alpha value is -3.27. The van der Waals surface area contributed by atoms with E-state index < -0.39 is 16.5 Å². The zero-order valence-electron chi connectivity index (χ0n) is 16.6. The van der Waals surface area contributed by atoms with E-state index in [1.54, 1.807) is 6.92 Å². The maximum absolute atomic E-state index is 13.0. The van der Waals surface area contributed by atoms with Crippen molar-refractivity contribution in [2.24, 2.45) is 4.99 Å². The van der Waals surface area contributed by atoms with E-state index in [9.17, 15) is 19.7 Å². The number of nitro groups is 1. The second-order valence-electron chi connectivity index (χ2n) is 6.15. The number of aromatic amines is 1. The van der Waals surface area contributed by atoms with Gasteiger partial charge in [-0.1, -0.05) is 0 Å². The average molecular weight is 404 g/mol. The Kier molecular flexibility index (Phi) is 7.84. The van der Waals surface area contributed by atoms with Crippen LogP contribution < -0.4 is 5.56 Å². The topological polar surface area (TPSA) is 129 Å². The molecule has 1 aromatic heterocycles. The van der Waals surface area contributed by atoms with Gasteiger partial charge in [0, 0.05) is 37.6 Å². The maximum Gasteiger partial charge on any atom is 0.311 e. The summed E-state index contributed by atoms with van der Waals surface area (Å²) in [5, 5.41) is 13.7. The van der Waals surface area contributed by atoms with Crippen LogP contribution in [0.2, 0.25) is 0 Å². The van der Waals surface area contributed by atoms with Crippen molar-refractivity contribution in [3.63, 3.8) is 0 Å². The second-order valence-corrected chi connectivity index (χ2v) is 6.15. The van der Waals surface area contributed by atoms with Crippen molar-refractivity contribution in [2.45, 2.75) is 26.7 Å². The largest absolute Gasteiger partial charge is 0.469 e. The molecule has 10 nitrogen and oxygen atoms in total. The summed E-state index contributed by atoms with van der Waals surface area (Å²) in [4.78, 5) is 39.5. The molecule has 0 unspecified atom stereocenters. The average Bonchev–Trinajstić information content (AvgIpc) is 3.03. The number of benzene rings is 1. The third kappa shape index (κ3) is 5.61. The number of esters is 1. The van der Waals surface area contributed by atoms with E-state index in [1.165, 1.54) is 36.1 Å². The lowest BCUT2D eigenvalue weighted by molar-refractivity contribution is -0.384. The number of aromatic nitrogens is 2. The number of nitro benzene ring substituents is 1. The van der Waals surface area contributed by atoms with Crippen molar-refractivity contribution in [1.29, 1.82) is 0 Å². The molecule has 1 heterocycles. The van der Waals surface area contributed by atoms with Gasteiger partial charge in [-0.2, -0.15) is 0 Å². The number of hydrogen-bond donors (Lipinski definition) is 1. The van der Waals surface area contributed by atoms with Gasteiger partial charge in [0.25, 0.3) is 11.2 Å². The summed E-state index contributed by atoms with van der Waals surface area (Å²) in [5.41, 5.74) is 1.06. The lowest BCUT2D eigenvalue weighted by atomic mass is 10.1. The highest BCUT2D eigenvalue weighted by molar-refractivity contribution is 6.00. The van der Waals surface area contributed by atoms with Crippen molar-refractivity contribution in [2.75, 3.05) is 26.9 Å². The molecule has 0 bridgehead atoms.